The Kier molecular flexibility index (Phi) is 6.68. The van der Waals surface area contributed by atoms with E-state index < -0.39 is 5.41 Å². The van der Waals surface area contributed by atoms with Crippen LogP contribution in [-0.2, 0) is 5.41 Å². The lowest BCUT2D eigenvalue weighted by Gasteiger charge is -2.29. The predicted octanol–water partition coefficient (Wildman–Crippen LogP) is 6.77. The number of furan rings is 1. The molecule has 0 fully saturated rings. The maximum atomic E-state index is 12.7. The van der Waals surface area contributed by atoms with E-state index in [-0.39, 0.29) is 5.78 Å². The Bertz CT molecular complexity index is 1090. The second-order valence-corrected chi connectivity index (χ2v) is 8.16. The van der Waals surface area contributed by atoms with Crippen LogP contribution in [0.15, 0.2) is 108 Å². The number of hydrogen-bond donors (Lipinski definition) is 0. The summed E-state index contributed by atoms with van der Waals surface area (Å²) in [6, 6.07) is 21.3. The molecule has 1 aliphatic rings. The molecule has 1 atom stereocenters. The summed E-state index contributed by atoms with van der Waals surface area (Å²) in [6.07, 6.45) is 12.2. The van der Waals surface area contributed by atoms with Gasteiger partial charge in [-0.15, -0.1) is 0 Å². The van der Waals surface area contributed by atoms with Crippen LogP contribution in [-0.4, -0.2) is 17.7 Å². The zero-order valence-electron chi connectivity index (χ0n) is 17.0. The molecule has 4 rings (SSSR count). The van der Waals surface area contributed by atoms with E-state index in [1.54, 1.807) is 12.3 Å². The summed E-state index contributed by atoms with van der Waals surface area (Å²) in [6.45, 7) is 0.632. The van der Waals surface area contributed by atoms with Crippen LogP contribution in [0.1, 0.15) is 28.1 Å². The molecule has 3 nitrogen and oxygen atoms in total. The highest BCUT2D eigenvalue weighted by atomic mass is 79.9. The Balaban J connectivity index is 1.60. The van der Waals surface area contributed by atoms with Crippen LogP contribution >= 0.6 is 15.9 Å². The minimum atomic E-state index is -0.525. The summed E-state index contributed by atoms with van der Waals surface area (Å²) in [7, 11) is 0. The lowest BCUT2D eigenvalue weighted by Crippen LogP contribution is -2.23. The Hall–Kier alpha value is -3.11. The van der Waals surface area contributed by atoms with Crippen molar-refractivity contribution in [2.24, 2.45) is 0 Å². The number of carbonyl (C=O) groups is 1. The average Bonchev–Trinajstić information content (AvgIpc) is 3.38. The van der Waals surface area contributed by atoms with E-state index >= 15 is 0 Å². The van der Waals surface area contributed by atoms with Gasteiger partial charge in [0.1, 0.15) is 11.5 Å². The van der Waals surface area contributed by atoms with E-state index in [0.717, 1.165) is 22.4 Å². The second-order valence-electron chi connectivity index (χ2n) is 7.37. The summed E-state index contributed by atoms with van der Waals surface area (Å²) in [5.74, 6) is 1.63. The first-order valence-corrected chi connectivity index (χ1v) is 11.3. The van der Waals surface area contributed by atoms with Crippen LogP contribution in [0.25, 0.3) is 5.57 Å². The van der Waals surface area contributed by atoms with Crippen molar-refractivity contribution in [1.82, 2.24) is 0 Å². The van der Waals surface area contributed by atoms with Crippen LogP contribution in [0.3, 0.4) is 0 Å². The van der Waals surface area contributed by atoms with Crippen molar-refractivity contribution in [3.05, 3.63) is 120 Å². The van der Waals surface area contributed by atoms with Gasteiger partial charge in [-0.2, -0.15) is 0 Å². The average molecular weight is 475 g/mol. The van der Waals surface area contributed by atoms with E-state index in [2.05, 4.69) is 40.2 Å². The minimum Gasteiger partial charge on any atom is -0.493 e. The van der Waals surface area contributed by atoms with Gasteiger partial charge in [-0.25, -0.2) is 0 Å². The van der Waals surface area contributed by atoms with Crippen molar-refractivity contribution in [3.63, 3.8) is 0 Å². The van der Waals surface area contributed by atoms with Gasteiger partial charge < -0.3 is 9.15 Å². The Morgan fingerprint density at radius 3 is 2.58 bits per heavy atom. The normalized spacial score (nSPS) is 18.2. The maximum Gasteiger partial charge on any atom is 0.185 e. The first-order valence-electron chi connectivity index (χ1n) is 10.2. The number of hydrogen-bond acceptors (Lipinski definition) is 3. The van der Waals surface area contributed by atoms with Gasteiger partial charge in [-0.05, 0) is 47.9 Å². The van der Waals surface area contributed by atoms with Gasteiger partial charge in [0, 0.05) is 10.9 Å². The zero-order chi connectivity index (χ0) is 21.5. The minimum absolute atomic E-state index is 0.0238. The molecule has 0 saturated carbocycles. The quantitative estimate of drug-likeness (QED) is 0.205. The summed E-state index contributed by atoms with van der Waals surface area (Å²) >= 11 is 3.37. The second kappa shape index (κ2) is 9.80. The maximum absolute atomic E-state index is 12.7. The molecule has 156 valence electrons. The van der Waals surface area contributed by atoms with Crippen molar-refractivity contribution in [3.8, 4) is 5.75 Å². The molecule has 0 bridgehead atoms. The third-order valence-electron chi connectivity index (χ3n) is 5.32. The highest BCUT2D eigenvalue weighted by molar-refractivity contribution is 9.09. The van der Waals surface area contributed by atoms with Crippen LogP contribution in [0, 0.1) is 0 Å². The standard InChI is InChI=1S/C27H23BrO3/c28-17-19-30-24-12-10-21(11-13-24)23-8-4-15-27(20-23,26-9-5-18-31-26)16-14-25(29)22-6-2-1-3-7-22/h1-16,18H,17,19-20H2/b16-14+. The predicted molar refractivity (Wildman–Crippen MR) is 128 cm³/mol. The molecule has 1 aliphatic carbocycles. The molecule has 1 aromatic heterocycles. The van der Waals surface area contributed by atoms with Gasteiger partial charge >= 0.3 is 0 Å². The highest BCUT2D eigenvalue weighted by Gasteiger charge is 2.33. The Morgan fingerprint density at radius 2 is 1.87 bits per heavy atom. The number of ether oxygens (including phenoxy) is 1. The molecule has 3 aromatic rings. The Morgan fingerprint density at radius 1 is 1.06 bits per heavy atom. The molecule has 1 heterocycles. The molecule has 31 heavy (non-hydrogen) atoms. The summed E-state index contributed by atoms with van der Waals surface area (Å²) in [4.78, 5) is 12.7. The van der Waals surface area contributed by atoms with Gasteiger partial charge in [0.2, 0.25) is 0 Å². The topological polar surface area (TPSA) is 39.4 Å². The molecule has 0 amide bonds. The number of rotatable bonds is 8. The first kappa shape index (κ1) is 21.1. The largest absolute Gasteiger partial charge is 0.493 e. The fourth-order valence-electron chi connectivity index (χ4n) is 3.72. The molecule has 0 radical (unpaired) electrons. The number of benzene rings is 2. The van der Waals surface area contributed by atoms with Crippen molar-refractivity contribution in [2.75, 3.05) is 11.9 Å². The fraction of sp³-hybridized carbons (Fsp3) is 0.148. The number of carbonyl (C=O) groups excluding carboxylic acids is 1. The lowest BCUT2D eigenvalue weighted by molar-refractivity contribution is 0.104. The number of ketones is 1. The van der Waals surface area contributed by atoms with Crippen molar-refractivity contribution in [1.29, 1.82) is 0 Å². The van der Waals surface area contributed by atoms with Crippen LogP contribution in [0.2, 0.25) is 0 Å². The van der Waals surface area contributed by atoms with Gasteiger partial charge in [0.05, 0.1) is 18.3 Å². The SMILES string of the molecule is O=C(/C=C/C1(c2ccco2)C=CC=C(c2ccc(OCCBr)cc2)C1)c1ccccc1. The summed E-state index contributed by atoms with van der Waals surface area (Å²) < 4.78 is 11.5. The molecule has 0 N–H and O–H groups in total. The summed E-state index contributed by atoms with van der Waals surface area (Å²) in [5, 5.41) is 0.796. The lowest BCUT2D eigenvalue weighted by atomic mass is 9.74. The van der Waals surface area contributed by atoms with Crippen LogP contribution in [0.4, 0.5) is 0 Å². The monoisotopic (exact) mass is 474 g/mol. The van der Waals surface area contributed by atoms with Crippen LogP contribution in [0.5, 0.6) is 5.75 Å². The zero-order valence-corrected chi connectivity index (χ0v) is 18.6. The molecule has 0 saturated heterocycles. The van der Waals surface area contributed by atoms with Crippen molar-refractivity contribution in [2.45, 2.75) is 11.8 Å². The van der Waals surface area contributed by atoms with Gasteiger partial charge in [0.25, 0.3) is 0 Å². The van der Waals surface area contributed by atoms with E-state index in [0.29, 0.717) is 18.6 Å². The number of halogens is 1. The third kappa shape index (κ3) is 4.97. The molecule has 0 spiro atoms. The van der Waals surface area contributed by atoms with Gasteiger partial charge in [0.15, 0.2) is 5.78 Å². The fourth-order valence-corrected chi connectivity index (χ4v) is 3.88. The van der Waals surface area contributed by atoms with Crippen molar-refractivity contribution < 1.29 is 13.9 Å². The van der Waals surface area contributed by atoms with E-state index in [1.807, 2.05) is 66.7 Å². The third-order valence-corrected chi connectivity index (χ3v) is 5.64. The number of alkyl halides is 1. The highest BCUT2D eigenvalue weighted by Crippen LogP contribution is 2.41. The van der Waals surface area contributed by atoms with E-state index in [1.165, 1.54) is 5.57 Å². The first-order chi connectivity index (χ1) is 15.2. The Labute approximate surface area is 190 Å². The molecule has 0 aliphatic heterocycles. The van der Waals surface area contributed by atoms with Crippen molar-refractivity contribution >= 4 is 27.3 Å². The van der Waals surface area contributed by atoms with Gasteiger partial charge in [-0.3, -0.25) is 4.79 Å². The molecular formula is C27H23BrO3. The van der Waals surface area contributed by atoms with Crippen LogP contribution < -0.4 is 4.74 Å². The molecular weight excluding hydrogens is 452 g/mol. The van der Waals surface area contributed by atoms with E-state index in [9.17, 15) is 4.79 Å². The summed E-state index contributed by atoms with van der Waals surface area (Å²) in [5.41, 5.74) is 2.43. The molecule has 1 unspecified atom stereocenters. The number of allylic oxidation sites excluding steroid dienone is 6. The molecule has 2 aromatic carbocycles. The van der Waals surface area contributed by atoms with E-state index in [4.69, 9.17) is 9.15 Å². The smallest absolute Gasteiger partial charge is 0.185 e. The van der Waals surface area contributed by atoms with Gasteiger partial charge in [-0.1, -0.05) is 82.7 Å². The molecule has 4 heteroatoms.